The van der Waals surface area contributed by atoms with Crippen LogP contribution in [0, 0.1) is 0 Å². The van der Waals surface area contributed by atoms with Gasteiger partial charge in [0.25, 0.3) is 0 Å². The molecule has 0 aliphatic rings. The lowest BCUT2D eigenvalue weighted by atomic mass is 10.0. The molecular formula is C50H93NO7. The molecule has 8 heteroatoms. The number of ether oxygens (including phenoxy) is 3. The molecule has 0 bridgehead atoms. The highest BCUT2D eigenvalue weighted by molar-refractivity contribution is 5.70. The number of allylic oxidation sites excluding steroid dienone is 4. The first kappa shape index (κ1) is 55.8. The molecule has 0 N–H and O–H groups in total. The minimum atomic E-state index is -1.12. The van der Waals surface area contributed by atoms with Crippen molar-refractivity contribution in [3.05, 3.63) is 24.3 Å². The number of carboxylic acid groups (broad SMARTS) is 1. The average molecular weight is 820 g/mol. The van der Waals surface area contributed by atoms with E-state index in [4.69, 9.17) is 14.2 Å². The van der Waals surface area contributed by atoms with E-state index in [2.05, 4.69) is 38.2 Å². The van der Waals surface area contributed by atoms with Crippen LogP contribution in [0.25, 0.3) is 0 Å². The Morgan fingerprint density at radius 3 is 1.36 bits per heavy atom. The van der Waals surface area contributed by atoms with E-state index in [0.29, 0.717) is 12.8 Å². The molecule has 0 aliphatic carbocycles. The number of carbonyl (C=O) groups excluding carboxylic acids is 3. The van der Waals surface area contributed by atoms with Gasteiger partial charge in [-0.15, -0.1) is 0 Å². The Kier molecular flexibility index (Phi) is 40.0. The maximum Gasteiger partial charge on any atom is 0.306 e. The van der Waals surface area contributed by atoms with Crippen LogP contribution in [0.15, 0.2) is 24.3 Å². The molecule has 8 nitrogen and oxygen atoms in total. The molecule has 0 aromatic heterocycles. The first-order valence-electron chi connectivity index (χ1n) is 24.4. The van der Waals surface area contributed by atoms with Crippen molar-refractivity contribution in [1.82, 2.24) is 0 Å². The van der Waals surface area contributed by atoms with Gasteiger partial charge in [-0.2, -0.15) is 0 Å². The number of rotatable bonds is 44. The molecule has 0 aromatic carbocycles. The molecule has 2 atom stereocenters. The SMILES string of the molecule is CCCCC/C=C/C/C=C/CCCCCCCCCC(=O)OC(COCCC(C(=O)[O-])[N+](C)(C)C)COC(=O)CCCCCCCCCCCCCCCCCCC. The van der Waals surface area contributed by atoms with Crippen molar-refractivity contribution in [3.8, 4) is 0 Å². The van der Waals surface area contributed by atoms with Crippen molar-refractivity contribution >= 4 is 17.9 Å². The Balaban J connectivity index is 4.27. The molecule has 0 amide bonds. The lowest BCUT2D eigenvalue weighted by Gasteiger charge is -2.34. The fourth-order valence-electron chi connectivity index (χ4n) is 7.28. The topological polar surface area (TPSA) is 102 Å². The Morgan fingerprint density at radius 2 is 0.914 bits per heavy atom. The minimum Gasteiger partial charge on any atom is -0.544 e. The highest BCUT2D eigenvalue weighted by atomic mass is 16.6. The summed E-state index contributed by atoms with van der Waals surface area (Å²) in [6.45, 7) is 4.66. The van der Waals surface area contributed by atoms with Gasteiger partial charge in [0.2, 0.25) is 0 Å². The third-order valence-corrected chi connectivity index (χ3v) is 11.1. The lowest BCUT2D eigenvalue weighted by molar-refractivity contribution is -0.889. The number of hydrogen-bond donors (Lipinski definition) is 0. The Morgan fingerprint density at radius 1 is 0.517 bits per heavy atom. The summed E-state index contributed by atoms with van der Waals surface area (Å²) < 4.78 is 17.2. The van der Waals surface area contributed by atoms with Gasteiger partial charge >= 0.3 is 11.9 Å². The molecular weight excluding hydrogens is 727 g/mol. The van der Waals surface area contributed by atoms with E-state index in [9.17, 15) is 19.5 Å². The number of carbonyl (C=O) groups is 3. The van der Waals surface area contributed by atoms with E-state index >= 15 is 0 Å². The molecule has 0 fully saturated rings. The normalized spacial score (nSPS) is 13.1. The largest absolute Gasteiger partial charge is 0.544 e. The molecule has 0 saturated heterocycles. The summed E-state index contributed by atoms with van der Waals surface area (Å²) in [5.74, 6) is -1.73. The maximum absolute atomic E-state index is 12.7. The van der Waals surface area contributed by atoms with Crippen molar-refractivity contribution in [2.45, 2.75) is 238 Å². The van der Waals surface area contributed by atoms with Gasteiger partial charge in [-0.3, -0.25) is 9.59 Å². The van der Waals surface area contributed by atoms with Crippen LogP contribution in [0.4, 0.5) is 0 Å². The second-order valence-electron chi connectivity index (χ2n) is 17.7. The number of hydrogen-bond acceptors (Lipinski definition) is 7. The van der Waals surface area contributed by atoms with Gasteiger partial charge in [-0.1, -0.05) is 186 Å². The molecule has 0 heterocycles. The molecule has 0 aromatic rings. The highest BCUT2D eigenvalue weighted by Crippen LogP contribution is 2.16. The van der Waals surface area contributed by atoms with Gasteiger partial charge in [-0.25, -0.2) is 0 Å². The average Bonchev–Trinajstić information content (AvgIpc) is 3.18. The molecule has 0 radical (unpaired) electrons. The smallest absolute Gasteiger partial charge is 0.306 e. The van der Waals surface area contributed by atoms with Gasteiger partial charge in [-0.05, 0) is 44.9 Å². The van der Waals surface area contributed by atoms with E-state index < -0.39 is 18.1 Å². The number of carboxylic acids is 1. The van der Waals surface area contributed by atoms with Gasteiger partial charge in [0.05, 0.1) is 40.3 Å². The summed E-state index contributed by atoms with van der Waals surface area (Å²) in [6, 6.07) is -0.724. The van der Waals surface area contributed by atoms with Crippen LogP contribution < -0.4 is 5.11 Å². The maximum atomic E-state index is 12.7. The van der Waals surface area contributed by atoms with Gasteiger partial charge in [0, 0.05) is 19.3 Å². The van der Waals surface area contributed by atoms with Crippen molar-refractivity contribution in [2.24, 2.45) is 0 Å². The number of unbranched alkanes of at least 4 members (excludes halogenated alkanes) is 26. The summed E-state index contributed by atoms with van der Waals surface area (Å²) in [5.41, 5.74) is 0. The van der Waals surface area contributed by atoms with Gasteiger partial charge in [0.1, 0.15) is 12.6 Å². The van der Waals surface area contributed by atoms with Crippen LogP contribution in [0.3, 0.4) is 0 Å². The molecule has 0 aliphatic heterocycles. The second kappa shape index (κ2) is 41.5. The monoisotopic (exact) mass is 820 g/mol. The van der Waals surface area contributed by atoms with Gasteiger partial charge in [0.15, 0.2) is 6.10 Å². The first-order valence-corrected chi connectivity index (χ1v) is 24.4. The lowest BCUT2D eigenvalue weighted by Crippen LogP contribution is -2.55. The van der Waals surface area contributed by atoms with Crippen LogP contribution in [0.2, 0.25) is 0 Å². The molecule has 58 heavy (non-hydrogen) atoms. The third kappa shape index (κ3) is 39.3. The summed E-state index contributed by atoms with van der Waals surface area (Å²) in [5, 5.41) is 11.6. The fourth-order valence-corrected chi connectivity index (χ4v) is 7.28. The quantitative estimate of drug-likeness (QED) is 0.0261. The Bertz CT molecular complexity index is 1000. The summed E-state index contributed by atoms with van der Waals surface area (Å²) in [6.07, 6.45) is 46.2. The fraction of sp³-hybridized carbons (Fsp3) is 0.860. The predicted molar refractivity (Wildman–Crippen MR) is 240 cm³/mol. The number of aliphatic carboxylic acids is 1. The number of likely N-dealkylation sites (N-methyl/N-ethyl adjacent to an activating group) is 1. The standard InChI is InChI=1S/C50H93NO7/c1-6-8-10-12-14-16-18-20-22-24-26-28-30-32-34-36-38-40-48(52)57-45-46(44-56-43-42-47(50(54)55)51(3,4)5)58-49(53)41-39-37-35-33-31-29-27-25-23-21-19-17-15-13-11-9-7-2/h15,17,21,23,46-47H,6-14,16,18-20,22,24-45H2,1-5H3/b17-15+,23-21+. The van der Waals surface area contributed by atoms with Crippen molar-refractivity contribution in [1.29, 1.82) is 0 Å². The number of nitrogens with zero attached hydrogens (tertiary/aromatic N) is 1. The van der Waals surface area contributed by atoms with Crippen molar-refractivity contribution in [2.75, 3.05) is 41.0 Å². The molecule has 2 unspecified atom stereocenters. The Labute approximate surface area is 358 Å². The summed E-state index contributed by atoms with van der Waals surface area (Å²) in [4.78, 5) is 37.0. The van der Waals surface area contributed by atoms with Crippen LogP contribution in [0.1, 0.15) is 226 Å². The van der Waals surface area contributed by atoms with E-state index in [0.717, 1.165) is 51.4 Å². The van der Waals surface area contributed by atoms with E-state index in [-0.39, 0.29) is 42.7 Å². The van der Waals surface area contributed by atoms with E-state index in [1.54, 1.807) is 21.1 Å². The summed E-state index contributed by atoms with van der Waals surface area (Å²) in [7, 11) is 5.42. The number of esters is 2. The molecule has 0 saturated carbocycles. The zero-order valence-electron chi connectivity index (χ0n) is 38.7. The number of quaternary nitrogens is 1. The zero-order valence-corrected chi connectivity index (χ0v) is 38.7. The Hall–Kier alpha value is -2.19. The molecule has 0 spiro atoms. The van der Waals surface area contributed by atoms with Crippen LogP contribution in [-0.4, -0.2) is 75.5 Å². The third-order valence-electron chi connectivity index (χ3n) is 11.1. The summed E-state index contributed by atoms with van der Waals surface area (Å²) >= 11 is 0. The first-order chi connectivity index (χ1) is 28.1. The van der Waals surface area contributed by atoms with Crippen molar-refractivity contribution in [3.63, 3.8) is 0 Å². The molecule has 340 valence electrons. The van der Waals surface area contributed by atoms with Crippen LogP contribution in [-0.2, 0) is 28.6 Å². The van der Waals surface area contributed by atoms with Gasteiger partial charge < -0.3 is 28.6 Å². The van der Waals surface area contributed by atoms with Crippen molar-refractivity contribution < 1.29 is 38.2 Å². The zero-order chi connectivity index (χ0) is 42.8. The second-order valence-corrected chi connectivity index (χ2v) is 17.7. The van der Waals surface area contributed by atoms with E-state index in [1.807, 2.05) is 0 Å². The van der Waals surface area contributed by atoms with Crippen LogP contribution >= 0.6 is 0 Å². The van der Waals surface area contributed by atoms with Crippen LogP contribution in [0.5, 0.6) is 0 Å². The van der Waals surface area contributed by atoms with E-state index in [1.165, 1.54) is 141 Å². The molecule has 0 rings (SSSR count). The highest BCUT2D eigenvalue weighted by Gasteiger charge is 2.25. The predicted octanol–water partition coefficient (Wildman–Crippen LogP) is 12.3. The minimum absolute atomic E-state index is 0.0417.